The number of nitrogens with one attached hydrogen (secondary N) is 2. The van der Waals surface area contributed by atoms with Crippen LogP contribution in [0, 0.1) is 0 Å². The van der Waals surface area contributed by atoms with E-state index in [1.807, 2.05) is 5.38 Å². The van der Waals surface area contributed by atoms with Crippen molar-refractivity contribution in [2.24, 2.45) is 0 Å². The van der Waals surface area contributed by atoms with Crippen LogP contribution in [0.25, 0.3) is 11.3 Å². The number of hydrogen-bond donors (Lipinski definition) is 2. The number of thiazole rings is 1. The molecule has 0 fully saturated rings. The molecule has 1 aliphatic carbocycles. The smallest absolute Gasteiger partial charge is 0.230 e. The number of benzene rings is 2. The Morgan fingerprint density at radius 2 is 1.75 bits per heavy atom. The fraction of sp³-hybridized carbons (Fsp3) is 0.346. The lowest BCUT2D eigenvalue weighted by molar-refractivity contribution is -0.119. The standard InChI is InChI=1S/C26H29N3O2S/c1-18(30)27-14-4-5-19-8-12-22(13-9-19)24-17-32-26(28-24)29-25(31)16-20-10-11-21-6-2-3-7-23(21)15-20/h8-13,15,17H,2-7,14,16H2,1H3,(H,27,30)(H,28,29,31). The summed E-state index contributed by atoms with van der Waals surface area (Å²) < 4.78 is 0. The molecule has 0 aliphatic heterocycles. The van der Waals surface area contributed by atoms with Crippen LogP contribution in [-0.2, 0) is 35.3 Å². The van der Waals surface area contributed by atoms with Gasteiger partial charge in [0.1, 0.15) is 0 Å². The van der Waals surface area contributed by atoms with Gasteiger partial charge in [-0.3, -0.25) is 9.59 Å². The van der Waals surface area contributed by atoms with Crippen molar-refractivity contribution < 1.29 is 9.59 Å². The predicted molar refractivity (Wildman–Crippen MR) is 130 cm³/mol. The van der Waals surface area contributed by atoms with Gasteiger partial charge in [-0.1, -0.05) is 42.5 Å². The van der Waals surface area contributed by atoms with E-state index in [2.05, 4.69) is 58.1 Å². The van der Waals surface area contributed by atoms with E-state index in [1.54, 1.807) is 0 Å². The number of aryl methyl sites for hydroxylation is 3. The van der Waals surface area contributed by atoms with E-state index < -0.39 is 0 Å². The summed E-state index contributed by atoms with van der Waals surface area (Å²) in [4.78, 5) is 28.1. The van der Waals surface area contributed by atoms with Gasteiger partial charge in [-0.15, -0.1) is 11.3 Å². The van der Waals surface area contributed by atoms with Crippen LogP contribution >= 0.6 is 11.3 Å². The second-order valence-electron chi connectivity index (χ2n) is 8.36. The summed E-state index contributed by atoms with van der Waals surface area (Å²) in [6.07, 6.45) is 6.98. The Bertz CT molecular complexity index is 1090. The van der Waals surface area contributed by atoms with Crippen molar-refractivity contribution >= 4 is 28.3 Å². The molecular weight excluding hydrogens is 418 g/mol. The minimum atomic E-state index is -0.0313. The molecule has 5 nitrogen and oxygen atoms in total. The van der Waals surface area contributed by atoms with E-state index >= 15 is 0 Å². The summed E-state index contributed by atoms with van der Waals surface area (Å²) in [5.74, 6) is -0.0226. The zero-order valence-electron chi connectivity index (χ0n) is 18.4. The third-order valence-electron chi connectivity index (χ3n) is 5.79. The topological polar surface area (TPSA) is 71.1 Å². The molecule has 2 N–H and O–H groups in total. The summed E-state index contributed by atoms with van der Waals surface area (Å²) in [6.45, 7) is 2.23. The molecule has 0 bridgehead atoms. The number of amides is 2. The Kier molecular flexibility index (Phi) is 7.32. The van der Waals surface area contributed by atoms with Crippen LogP contribution in [-0.4, -0.2) is 23.3 Å². The average molecular weight is 448 g/mol. The van der Waals surface area contributed by atoms with Crippen molar-refractivity contribution in [1.29, 1.82) is 0 Å². The highest BCUT2D eigenvalue weighted by Crippen LogP contribution is 2.26. The van der Waals surface area contributed by atoms with Gasteiger partial charge in [-0.05, 0) is 60.8 Å². The third kappa shape index (κ3) is 6.04. The highest BCUT2D eigenvalue weighted by molar-refractivity contribution is 7.14. The number of nitrogens with zero attached hydrogens (tertiary/aromatic N) is 1. The van der Waals surface area contributed by atoms with Gasteiger partial charge < -0.3 is 10.6 Å². The van der Waals surface area contributed by atoms with Gasteiger partial charge >= 0.3 is 0 Å². The second-order valence-corrected chi connectivity index (χ2v) is 9.21. The Balaban J connectivity index is 1.30. The number of anilines is 1. The number of fused-ring (bicyclic) bond motifs is 1. The first kappa shape index (κ1) is 22.2. The van der Waals surface area contributed by atoms with E-state index in [0.717, 1.165) is 42.5 Å². The number of carbonyl (C=O) groups is 2. The molecule has 0 saturated carbocycles. The molecule has 2 amide bonds. The molecule has 166 valence electrons. The monoisotopic (exact) mass is 447 g/mol. The van der Waals surface area contributed by atoms with Crippen molar-refractivity contribution in [3.8, 4) is 11.3 Å². The van der Waals surface area contributed by atoms with Gasteiger partial charge in [-0.2, -0.15) is 0 Å². The van der Waals surface area contributed by atoms with Crippen LogP contribution in [0.5, 0.6) is 0 Å². The Morgan fingerprint density at radius 3 is 2.53 bits per heavy atom. The molecule has 1 aliphatic rings. The zero-order chi connectivity index (χ0) is 22.3. The highest BCUT2D eigenvalue weighted by Gasteiger charge is 2.13. The van der Waals surface area contributed by atoms with Crippen LogP contribution in [0.4, 0.5) is 5.13 Å². The van der Waals surface area contributed by atoms with Crippen LogP contribution in [0.15, 0.2) is 47.8 Å². The maximum absolute atomic E-state index is 12.5. The Labute approximate surface area is 193 Å². The molecule has 2 aromatic carbocycles. The molecule has 3 aromatic rings. The third-order valence-corrected chi connectivity index (χ3v) is 6.55. The van der Waals surface area contributed by atoms with Crippen molar-refractivity contribution in [2.45, 2.75) is 51.9 Å². The molecule has 0 unspecified atom stereocenters. The highest BCUT2D eigenvalue weighted by atomic mass is 32.1. The van der Waals surface area contributed by atoms with E-state index in [4.69, 9.17) is 0 Å². The SMILES string of the molecule is CC(=O)NCCCc1ccc(-c2csc(NC(=O)Cc3ccc4c(c3)CCCC4)n2)cc1. The normalized spacial score (nSPS) is 12.8. The van der Waals surface area contributed by atoms with Crippen LogP contribution in [0.2, 0.25) is 0 Å². The van der Waals surface area contributed by atoms with Crippen molar-refractivity contribution in [1.82, 2.24) is 10.3 Å². The lowest BCUT2D eigenvalue weighted by Gasteiger charge is -2.16. The molecule has 32 heavy (non-hydrogen) atoms. The summed E-state index contributed by atoms with van der Waals surface area (Å²) in [6, 6.07) is 14.8. The molecule has 0 radical (unpaired) electrons. The molecule has 1 aromatic heterocycles. The van der Waals surface area contributed by atoms with Crippen LogP contribution in [0.1, 0.15) is 48.4 Å². The van der Waals surface area contributed by atoms with Crippen LogP contribution < -0.4 is 10.6 Å². The van der Waals surface area contributed by atoms with E-state index in [1.165, 1.54) is 47.8 Å². The van der Waals surface area contributed by atoms with Crippen molar-refractivity contribution in [2.75, 3.05) is 11.9 Å². The zero-order valence-corrected chi connectivity index (χ0v) is 19.3. The van der Waals surface area contributed by atoms with Crippen LogP contribution in [0.3, 0.4) is 0 Å². The van der Waals surface area contributed by atoms with Gasteiger partial charge in [-0.25, -0.2) is 4.98 Å². The predicted octanol–water partition coefficient (Wildman–Crippen LogP) is 4.94. The molecule has 0 atom stereocenters. The number of aromatic nitrogens is 1. The van der Waals surface area contributed by atoms with Gasteiger partial charge in [0.2, 0.25) is 11.8 Å². The first-order valence-electron chi connectivity index (χ1n) is 11.3. The quantitative estimate of drug-likeness (QED) is 0.481. The van der Waals surface area contributed by atoms with Crippen molar-refractivity contribution in [3.63, 3.8) is 0 Å². The van der Waals surface area contributed by atoms with Gasteiger partial charge in [0, 0.05) is 24.4 Å². The summed E-state index contributed by atoms with van der Waals surface area (Å²) in [7, 11) is 0. The largest absolute Gasteiger partial charge is 0.356 e. The summed E-state index contributed by atoms with van der Waals surface area (Å²) in [5, 5.41) is 8.37. The van der Waals surface area contributed by atoms with E-state index in [-0.39, 0.29) is 11.8 Å². The first-order valence-corrected chi connectivity index (χ1v) is 12.1. The maximum atomic E-state index is 12.5. The first-order chi connectivity index (χ1) is 15.6. The van der Waals surface area contributed by atoms with Gasteiger partial charge in [0.25, 0.3) is 0 Å². The minimum Gasteiger partial charge on any atom is -0.356 e. The maximum Gasteiger partial charge on any atom is 0.230 e. The Morgan fingerprint density at radius 1 is 1.00 bits per heavy atom. The Hall–Kier alpha value is -2.99. The molecule has 4 rings (SSSR count). The summed E-state index contributed by atoms with van der Waals surface area (Å²) in [5.41, 5.74) is 7.02. The fourth-order valence-corrected chi connectivity index (χ4v) is 4.84. The lowest BCUT2D eigenvalue weighted by atomic mass is 9.90. The number of rotatable bonds is 8. The minimum absolute atomic E-state index is 0.00876. The molecule has 0 spiro atoms. The van der Waals surface area contributed by atoms with Gasteiger partial charge in [0.15, 0.2) is 5.13 Å². The second kappa shape index (κ2) is 10.6. The molecule has 6 heteroatoms. The number of hydrogen-bond acceptors (Lipinski definition) is 4. The molecule has 1 heterocycles. The fourth-order valence-electron chi connectivity index (χ4n) is 4.11. The van der Waals surface area contributed by atoms with Gasteiger partial charge in [0.05, 0.1) is 12.1 Å². The van der Waals surface area contributed by atoms with E-state index in [9.17, 15) is 9.59 Å². The summed E-state index contributed by atoms with van der Waals surface area (Å²) >= 11 is 1.45. The molecule has 0 saturated heterocycles. The van der Waals surface area contributed by atoms with E-state index in [0.29, 0.717) is 18.1 Å². The van der Waals surface area contributed by atoms with Crippen molar-refractivity contribution in [3.05, 3.63) is 70.1 Å². The number of carbonyl (C=O) groups excluding carboxylic acids is 2. The molecular formula is C26H29N3O2S. The lowest BCUT2D eigenvalue weighted by Crippen LogP contribution is -2.21. The average Bonchev–Trinajstić information content (AvgIpc) is 3.25.